The highest BCUT2D eigenvalue weighted by atomic mass is 19.1. The normalized spacial score (nSPS) is 15.2. The van der Waals surface area contributed by atoms with Gasteiger partial charge < -0.3 is 14.8 Å². The Morgan fingerprint density at radius 3 is 2.72 bits per heavy atom. The molecule has 1 heterocycles. The van der Waals surface area contributed by atoms with E-state index in [2.05, 4.69) is 10.3 Å². The zero-order chi connectivity index (χ0) is 20.7. The average molecular weight is 398 g/mol. The summed E-state index contributed by atoms with van der Waals surface area (Å²) in [7, 11) is 0. The van der Waals surface area contributed by atoms with Gasteiger partial charge in [-0.25, -0.2) is 9.18 Å². The van der Waals surface area contributed by atoms with E-state index in [-0.39, 0.29) is 12.4 Å². The number of esters is 1. The maximum Gasteiger partial charge on any atom is 0.331 e. The van der Waals surface area contributed by atoms with Crippen LogP contribution < -0.4 is 10.1 Å². The lowest BCUT2D eigenvalue weighted by Gasteiger charge is -2.27. The molecule has 1 fully saturated rings. The molecule has 1 N–H and O–H groups in total. The molecule has 2 aromatic rings. The molecular weight excluding hydrogens is 375 g/mol. The number of rotatable bonds is 7. The fourth-order valence-corrected chi connectivity index (χ4v) is 3.32. The van der Waals surface area contributed by atoms with Gasteiger partial charge in [0.05, 0.1) is 12.8 Å². The highest BCUT2D eigenvalue weighted by Gasteiger charge is 2.43. The number of hydrogen-bond acceptors (Lipinski definition) is 5. The topological polar surface area (TPSA) is 77.5 Å². The van der Waals surface area contributed by atoms with Gasteiger partial charge in [-0.1, -0.05) is 18.9 Å². The Morgan fingerprint density at radius 1 is 1.28 bits per heavy atom. The van der Waals surface area contributed by atoms with Gasteiger partial charge >= 0.3 is 5.97 Å². The molecule has 1 aromatic heterocycles. The van der Waals surface area contributed by atoms with Crippen LogP contribution >= 0.6 is 0 Å². The Bertz CT molecular complexity index is 893. The van der Waals surface area contributed by atoms with Crippen molar-refractivity contribution in [3.05, 3.63) is 60.2 Å². The number of hydrogen-bond donors (Lipinski definition) is 1. The molecule has 1 amide bonds. The average Bonchev–Trinajstić information content (AvgIpc) is 3.19. The number of amides is 1. The number of nitrogens with zero attached hydrogens (tertiary/aromatic N) is 1. The summed E-state index contributed by atoms with van der Waals surface area (Å²) < 4.78 is 24.9. The number of nitrogens with one attached hydrogen (secondary N) is 1. The van der Waals surface area contributed by atoms with E-state index < -0.39 is 23.2 Å². The van der Waals surface area contributed by atoms with Gasteiger partial charge in [0.15, 0.2) is 11.6 Å². The van der Waals surface area contributed by atoms with Crippen molar-refractivity contribution in [1.29, 1.82) is 0 Å². The molecule has 1 aliphatic rings. The van der Waals surface area contributed by atoms with Gasteiger partial charge in [0.1, 0.15) is 11.3 Å². The Labute approximate surface area is 168 Å². The summed E-state index contributed by atoms with van der Waals surface area (Å²) >= 11 is 0. The van der Waals surface area contributed by atoms with E-state index in [1.54, 1.807) is 31.3 Å². The van der Waals surface area contributed by atoms with Crippen LogP contribution in [0.25, 0.3) is 6.08 Å². The first kappa shape index (κ1) is 20.5. The molecule has 1 saturated carbocycles. The lowest BCUT2D eigenvalue weighted by atomic mass is 9.97. The SMILES string of the molecule is CCOC(=O)C1(NC(=O)/C=C/c2ccc(Oc3cccnc3)c(F)c2)CCCC1. The largest absolute Gasteiger partial charge is 0.464 e. The molecule has 0 saturated heterocycles. The monoisotopic (exact) mass is 398 g/mol. The summed E-state index contributed by atoms with van der Waals surface area (Å²) in [4.78, 5) is 28.5. The molecule has 0 aliphatic heterocycles. The smallest absolute Gasteiger partial charge is 0.331 e. The van der Waals surface area contributed by atoms with Crippen molar-refractivity contribution < 1.29 is 23.5 Å². The minimum atomic E-state index is -0.968. The van der Waals surface area contributed by atoms with Crippen LogP contribution in [0.3, 0.4) is 0 Å². The van der Waals surface area contributed by atoms with Crippen LogP contribution in [0.4, 0.5) is 4.39 Å². The van der Waals surface area contributed by atoms with E-state index in [4.69, 9.17) is 9.47 Å². The van der Waals surface area contributed by atoms with Crippen molar-refractivity contribution in [2.75, 3.05) is 6.61 Å². The minimum absolute atomic E-state index is 0.0619. The number of carbonyl (C=O) groups excluding carboxylic acids is 2. The maximum atomic E-state index is 14.3. The molecule has 0 bridgehead atoms. The van der Waals surface area contributed by atoms with E-state index in [1.165, 1.54) is 30.5 Å². The first-order valence-electron chi connectivity index (χ1n) is 9.57. The third kappa shape index (κ3) is 5.19. The number of halogens is 1. The second-order valence-corrected chi connectivity index (χ2v) is 6.81. The third-order valence-corrected chi connectivity index (χ3v) is 4.73. The minimum Gasteiger partial charge on any atom is -0.464 e. The van der Waals surface area contributed by atoms with E-state index in [0.717, 1.165) is 12.8 Å². The summed E-state index contributed by atoms with van der Waals surface area (Å²) in [5, 5.41) is 2.78. The number of benzene rings is 1. The second-order valence-electron chi connectivity index (χ2n) is 6.81. The number of pyridine rings is 1. The van der Waals surface area contributed by atoms with Gasteiger partial charge in [-0.2, -0.15) is 0 Å². The molecule has 1 aromatic carbocycles. The van der Waals surface area contributed by atoms with E-state index in [1.807, 2.05) is 0 Å². The van der Waals surface area contributed by atoms with Gasteiger partial charge in [-0.3, -0.25) is 9.78 Å². The van der Waals surface area contributed by atoms with Crippen molar-refractivity contribution in [3.8, 4) is 11.5 Å². The molecule has 0 unspecified atom stereocenters. The van der Waals surface area contributed by atoms with Crippen molar-refractivity contribution in [2.24, 2.45) is 0 Å². The highest BCUT2D eigenvalue weighted by molar-refractivity contribution is 5.96. The van der Waals surface area contributed by atoms with Gasteiger partial charge in [0.25, 0.3) is 0 Å². The lowest BCUT2D eigenvalue weighted by Crippen LogP contribution is -2.52. The van der Waals surface area contributed by atoms with Crippen molar-refractivity contribution >= 4 is 18.0 Å². The van der Waals surface area contributed by atoms with E-state index in [9.17, 15) is 14.0 Å². The summed E-state index contributed by atoms with van der Waals surface area (Å²) in [6.07, 6.45) is 8.68. The summed E-state index contributed by atoms with van der Waals surface area (Å²) in [6.45, 7) is 2.00. The van der Waals surface area contributed by atoms with Crippen LogP contribution in [0.1, 0.15) is 38.2 Å². The zero-order valence-corrected chi connectivity index (χ0v) is 16.2. The molecule has 7 heteroatoms. The molecule has 152 valence electrons. The number of carbonyl (C=O) groups is 2. The standard InChI is InChI=1S/C22H23FN2O4/c1-2-28-21(27)22(11-3-4-12-22)25-20(26)10-8-16-7-9-19(18(23)14-16)29-17-6-5-13-24-15-17/h5-10,13-15H,2-4,11-12H2,1H3,(H,25,26)/b10-8+. The fraction of sp³-hybridized carbons (Fsp3) is 0.318. The second kappa shape index (κ2) is 9.32. The van der Waals surface area contributed by atoms with Gasteiger partial charge in [0.2, 0.25) is 5.91 Å². The predicted octanol–water partition coefficient (Wildman–Crippen LogP) is 4.02. The summed E-state index contributed by atoms with van der Waals surface area (Å²) in [5.74, 6) is -0.893. The van der Waals surface area contributed by atoms with Gasteiger partial charge in [0, 0.05) is 12.3 Å². The first-order valence-corrected chi connectivity index (χ1v) is 9.57. The van der Waals surface area contributed by atoms with Crippen molar-refractivity contribution in [2.45, 2.75) is 38.1 Å². The van der Waals surface area contributed by atoms with Crippen LogP contribution in [0.5, 0.6) is 11.5 Å². The molecule has 1 aliphatic carbocycles. The molecular formula is C22H23FN2O4. The molecule has 0 radical (unpaired) electrons. The maximum absolute atomic E-state index is 14.3. The van der Waals surface area contributed by atoms with Crippen molar-refractivity contribution in [1.82, 2.24) is 10.3 Å². The summed E-state index contributed by atoms with van der Waals surface area (Å²) in [6, 6.07) is 7.75. The van der Waals surface area contributed by atoms with Gasteiger partial charge in [-0.15, -0.1) is 0 Å². The van der Waals surface area contributed by atoms with Crippen LogP contribution in [0.15, 0.2) is 48.8 Å². The first-order chi connectivity index (χ1) is 14.0. The van der Waals surface area contributed by atoms with E-state index >= 15 is 0 Å². The highest BCUT2D eigenvalue weighted by Crippen LogP contribution is 2.31. The molecule has 0 atom stereocenters. The Balaban J connectivity index is 1.65. The zero-order valence-electron chi connectivity index (χ0n) is 16.2. The molecule has 29 heavy (non-hydrogen) atoms. The molecule has 6 nitrogen and oxygen atoms in total. The predicted molar refractivity (Wildman–Crippen MR) is 106 cm³/mol. The third-order valence-electron chi connectivity index (χ3n) is 4.73. The van der Waals surface area contributed by atoms with E-state index in [0.29, 0.717) is 24.2 Å². The Morgan fingerprint density at radius 2 is 2.07 bits per heavy atom. The lowest BCUT2D eigenvalue weighted by molar-refractivity contribution is -0.152. The fourth-order valence-electron chi connectivity index (χ4n) is 3.32. The van der Waals surface area contributed by atoms with Crippen molar-refractivity contribution in [3.63, 3.8) is 0 Å². The van der Waals surface area contributed by atoms with Crippen LogP contribution in [0, 0.1) is 5.82 Å². The Kier molecular flexibility index (Phi) is 6.59. The van der Waals surface area contributed by atoms with Crippen LogP contribution in [0.2, 0.25) is 0 Å². The summed E-state index contributed by atoms with van der Waals surface area (Å²) in [5.41, 5.74) is -0.475. The molecule has 3 rings (SSSR count). The van der Waals surface area contributed by atoms with Crippen LogP contribution in [-0.4, -0.2) is 29.0 Å². The molecule has 0 spiro atoms. The Hall–Kier alpha value is -3.22. The number of aromatic nitrogens is 1. The quantitative estimate of drug-likeness (QED) is 0.563. The van der Waals surface area contributed by atoms with Gasteiger partial charge in [-0.05, 0) is 55.7 Å². The number of ether oxygens (including phenoxy) is 2. The van der Waals surface area contributed by atoms with Crippen LogP contribution in [-0.2, 0) is 14.3 Å².